The van der Waals surface area contributed by atoms with Gasteiger partial charge in [-0.15, -0.1) is 0 Å². The van der Waals surface area contributed by atoms with Gasteiger partial charge in [0.15, 0.2) is 0 Å². The maximum absolute atomic E-state index is 12.3. The molecule has 23 heavy (non-hydrogen) atoms. The van der Waals surface area contributed by atoms with Crippen molar-refractivity contribution in [3.05, 3.63) is 30.1 Å². The van der Waals surface area contributed by atoms with Gasteiger partial charge >= 0.3 is 0 Å². The van der Waals surface area contributed by atoms with E-state index in [9.17, 15) is 9.90 Å². The summed E-state index contributed by atoms with van der Waals surface area (Å²) in [7, 11) is 0. The van der Waals surface area contributed by atoms with Crippen molar-refractivity contribution < 1.29 is 14.6 Å². The second kappa shape index (κ2) is 7.86. The van der Waals surface area contributed by atoms with E-state index in [1.165, 1.54) is 0 Å². The fourth-order valence-corrected chi connectivity index (χ4v) is 3.29. The number of pyridine rings is 1. The maximum atomic E-state index is 12.3. The molecule has 2 fully saturated rings. The zero-order chi connectivity index (χ0) is 16.1. The van der Waals surface area contributed by atoms with Gasteiger partial charge in [0.05, 0.1) is 17.8 Å². The zero-order valence-electron chi connectivity index (χ0n) is 13.4. The summed E-state index contributed by atoms with van der Waals surface area (Å²) in [5.74, 6) is 0.0954. The van der Waals surface area contributed by atoms with E-state index in [2.05, 4.69) is 15.2 Å². The highest BCUT2D eigenvalue weighted by Gasteiger charge is 2.31. The molecule has 0 spiro atoms. The predicted molar refractivity (Wildman–Crippen MR) is 85.6 cm³/mol. The van der Waals surface area contributed by atoms with Gasteiger partial charge < -0.3 is 15.2 Å². The van der Waals surface area contributed by atoms with Crippen LogP contribution in [0.4, 0.5) is 0 Å². The third-order valence-corrected chi connectivity index (χ3v) is 4.70. The van der Waals surface area contributed by atoms with Crippen molar-refractivity contribution in [3.63, 3.8) is 0 Å². The van der Waals surface area contributed by atoms with Crippen molar-refractivity contribution in [3.8, 4) is 0 Å². The number of β-amino-alcohol motifs (C(OH)–C–C–N with tert-alkyl or cyclic N) is 1. The number of amides is 1. The normalized spacial score (nSPS) is 26.8. The molecule has 0 radical (unpaired) electrons. The van der Waals surface area contributed by atoms with Gasteiger partial charge in [-0.25, -0.2) is 0 Å². The highest BCUT2D eigenvalue weighted by molar-refractivity contribution is 5.79. The summed E-state index contributed by atoms with van der Waals surface area (Å²) in [6.45, 7) is 3.46. The number of carbonyl (C=O) groups excluding carboxylic acids is 1. The molecule has 2 aliphatic heterocycles. The number of carbonyl (C=O) groups is 1. The first kappa shape index (κ1) is 16.4. The van der Waals surface area contributed by atoms with Crippen LogP contribution in [-0.2, 0) is 16.1 Å². The lowest BCUT2D eigenvalue weighted by molar-refractivity contribution is -0.130. The molecule has 2 atom stereocenters. The topological polar surface area (TPSA) is 74.7 Å². The Balaban J connectivity index is 1.47. The van der Waals surface area contributed by atoms with Gasteiger partial charge in [-0.1, -0.05) is 6.07 Å². The van der Waals surface area contributed by atoms with Gasteiger partial charge in [0, 0.05) is 45.0 Å². The number of aliphatic hydroxyl groups excluding tert-OH is 1. The van der Waals surface area contributed by atoms with E-state index in [4.69, 9.17) is 4.74 Å². The van der Waals surface area contributed by atoms with Crippen LogP contribution in [0.2, 0.25) is 0 Å². The number of nitrogens with zero attached hydrogens (tertiary/aromatic N) is 2. The highest BCUT2D eigenvalue weighted by Crippen LogP contribution is 2.18. The molecule has 2 N–H and O–H groups in total. The van der Waals surface area contributed by atoms with Crippen molar-refractivity contribution >= 4 is 5.91 Å². The molecule has 3 heterocycles. The molecular weight excluding hydrogens is 294 g/mol. The quantitative estimate of drug-likeness (QED) is 0.848. The van der Waals surface area contributed by atoms with Gasteiger partial charge in [-0.05, 0) is 31.4 Å². The minimum absolute atomic E-state index is 0.0301. The van der Waals surface area contributed by atoms with E-state index in [1.54, 1.807) is 6.20 Å². The molecule has 0 unspecified atom stereocenters. The van der Waals surface area contributed by atoms with Crippen molar-refractivity contribution in [2.75, 3.05) is 26.3 Å². The average molecular weight is 319 g/mol. The van der Waals surface area contributed by atoms with Crippen LogP contribution in [0.1, 0.15) is 25.0 Å². The van der Waals surface area contributed by atoms with E-state index in [0.29, 0.717) is 19.8 Å². The fraction of sp³-hybridized carbons (Fsp3) is 0.647. The number of aliphatic hydroxyl groups is 1. The Kier molecular flexibility index (Phi) is 5.59. The first-order valence-corrected chi connectivity index (χ1v) is 8.41. The average Bonchev–Trinajstić information content (AvgIpc) is 2.59. The van der Waals surface area contributed by atoms with Crippen molar-refractivity contribution in [1.82, 2.24) is 15.2 Å². The van der Waals surface area contributed by atoms with Crippen LogP contribution in [0.5, 0.6) is 0 Å². The molecule has 6 nitrogen and oxygen atoms in total. The number of hydrogen-bond acceptors (Lipinski definition) is 5. The number of aromatic nitrogens is 1. The molecular formula is C17H25N3O3. The van der Waals surface area contributed by atoms with Crippen LogP contribution in [-0.4, -0.2) is 59.3 Å². The van der Waals surface area contributed by atoms with Crippen molar-refractivity contribution in [2.45, 2.75) is 38.0 Å². The smallest absolute Gasteiger partial charge is 0.223 e. The van der Waals surface area contributed by atoms with Gasteiger partial charge in [-0.3, -0.25) is 14.7 Å². The fourth-order valence-electron chi connectivity index (χ4n) is 3.29. The Hall–Kier alpha value is -1.50. The van der Waals surface area contributed by atoms with Gasteiger partial charge in [0.1, 0.15) is 0 Å². The molecule has 1 amide bonds. The monoisotopic (exact) mass is 319 g/mol. The number of piperidine rings is 1. The lowest BCUT2D eigenvalue weighted by atomic mass is 9.96. The van der Waals surface area contributed by atoms with E-state index in [0.717, 1.165) is 38.0 Å². The van der Waals surface area contributed by atoms with Crippen molar-refractivity contribution in [1.29, 1.82) is 0 Å². The summed E-state index contributed by atoms with van der Waals surface area (Å²) in [6, 6.07) is 5.71. The Morgan fingerprint density at radius 1 is 1.35 bits per heavy atom. The molecule has 0 bridgehead atoms. The highest BCUT2D eigenvalue weighted by atomic mass is 16.5. The second-order valence-corrected chi connectivity index (χ2v) is 6.41. The lowest BCUT2D eigenvalue weighted by Gasteiger charge is -2.37. The van der Waals surface area contributed by atoms with Crippen LogP contribution in [0.25, 0.3) is 0 Å². The second-order valence-electron chi connectivity index (χ2n) is 6.41. The van der Waals surface area contributed by atoms with E-state index < -0.39 is 6.10 Å². The maximum Gasteiger partial charge on any atom is 0.223 e. The van der Waals surface area contributed by atoms with Crippen LogP contribution < -0.4 is 5.32 Å². The summed E-state index contributed by atoms with van der Waals surface area (Å²) < 4.78 is 5.29. The van der Waals surface area contributed by atoms with Gasteiger partial charge in [-0.2, -0.15) is 0 Å². The summed E-state index contributed by atoms with van der Waals surface area (Å²) in [6.07, 6.45) is 3.58. The molecule has 1 aromatic heterocycles. The minimum Gasteiger partial charge on any atom is -0.390 e. The summed E-state index contributed by atoms with van der Waals surface area (Å²) in [5.41, 5.74) is 1.00. The first-order chi connectivity index (χ1) is 11.2. The Morgan fingerprint density at radius 2 is 2.17 bits per heavy atom. The molecule has 0 aliphatic carbocycles. The molecule has 2 saturated heterocycles. The summed E-state index contributed by atoms with van der Waals surface area (Å²) >= 11 is 0. The van der Waals surface area contributed by atoms with Crippen molar-refractivity contribution in [2.24, 2.45) is 5.92 Å². The number of ether oxygens (including phenoxy) is 1. The molecule has 126 valence electrons. The standard InChI is InChI=1S/C17H25N3O3/c21-16-12-20(11-14-3-1-2-7-18-14)8-4-15(16)19-17(22)13-5-9-23-10-6-13/h1-3,7,13,15-16,21H,4-6,8-12H2,(H,19,22)/t15-,16-/m0/s1. The number of hydrogen-bond donors (Lipinski definition) is 2. The molecule has 0 aromatic carbocycles. The number of nitrogens with one attached hydrogen (secondary N) is 1. The minimum atomic E-state index is -0.531. The zero-order valence-corrected chi connectivity index (χ0v) is 13.4. The molecule has 2 aliphatic rings. The number of likely N-dealkylation sites (tertiary alicyclic amines) is 1. The van der Waals surface area contributed by atoms with Gasteiger partial charge in [0.25, 0.3) is 0 Å². The van der Waals surface area contributed by atoms with Crippen LogP contribution in [0.15, 0.2) is 24.4 Å². The van der Waals surface area contributed by atoms with E-state index in [-0.39, 0.29) is 17.9 Å². The Labute approximate surface area is 136 Å². The first-order valence-electron chi connectivity index (χ1n) is 8.41. The molecule has 6 heteroatoms. The van der Waals surface area contributed by atoms with E-state index in [1.807, 2.05) is 18.2 Å². The van der Waals surface area contributed by atoms with E-state index >= 15 is 0 Å². The van der Waals surface area contributed by atoms with Crippen LogP contribution >= 0.6 is 0 Å². The van der Waals surface area contributed by atoms with Crippen LogP contribution in [0.3, 0.4) is 0 Å². The third kappa shape index (κ3) is 4.50. The Bertz CT molecular complexity index is 505. The summed E-state index contributed by atoms with van der Waals surface area (Å²) in [5, 5.41) is 13.4. The largest absolute Gasteiger partial charge is 0.390 e. The molecule has 3 rings (SSSR count). The predicted octanol–water partition coefficient (Wildman–Crippen LogP) is 0.560. The molecule has 1 aromatic rings. The Morgan fingerprint density at radius 3 is 2.87 bits per heavy atom. The number of rotatable bonds is 4. The SMILES string of the molecule is O=C(N[C@H]1CCN(Cc2ccccn2)C[C@@H]1O)C1CCOCC1. The van der Waals surface area contributed by atoms with Crippen LogP contribution in [0, 0.1) is 5.92 Å². The lowest BCUT2D eigenvalue weighted by Crippen LogP contribution is -2.55. The third-order valence-electron chi connectivity index (χ3n) is 4.70. The summed E-state index contributed by atoms with van der Waals surface area (Å²) in [4.78, 5) is 18.8. The van der Waals surface area contributed by atoms with Gasteiger partial charge in [0.2, 0.25) is 5.91 Å². The molecule has 0 saturated carbocycles.